The van der Waals surface area contributed by atoms with Crippen LogP contribution in [-0.4, -0.2) is 39.8 Å². The zero-order valence-corrected chi connectivity index (χ0v) is 15.6. The molecule has 146 valence electrons. The first-order valence-electron chi connectivity index (χ1n) is 8.68. The summed E-state index contributed by atoms with van der Waals surface area (Å²) in [7, 11) is 1.55. The van der Waals surface area contributed by atoms with Crippen LogP contribution in [-0.2, 0) is 4.79 Å². The summed E-state index contributed by atoms with van der Waals surface area (Å²) >= 11 is 0. The maximum Gasteiger partial charge on any atom is 0.224 e. The zero-order chi connectivity index (χ0) is 19.9. The van der Waals surface area contributed by atoms with Gasteiger partial charge in [0.15, 0.2) is 5.82 Å². The van der Waals surface area contributed by atoms with Crippen LogP contribution in [0.2, 0.25) is 0 Å². The molecule has 3 rings (SSSR count). The molecule has 1 heterocycles. The number of amides is 1. The van der Waals surface area contributed by atoms with Gasteiger partial charge in [0.05, 0.1) is 13.7 Å². The van der Waals surface area contributed by atoms with Crippen molar-refractivity contribution in [3.63, 3.8) is 0 Å². The van der Waals surface area contributed by atoms with Gasteiger partial charge in [-0.05, 0) is 54.1 Å². The number of carbonyl (C=O) groups is 1. The number of carbonyl (C=O) groups excluding carboxylic acids is 1. The lowest BCUT2D eigenvalue weighted by atomic mass is 10.2. The monoisotopic (exact) mass is 385 g/mol. The molecule has 0 aliphatic rings. The molecular formula is C19H20FN5O3. The van der Waals surface area contributed by atoms with Crippen molar-refractivity contribution in [2.75, 3.05) is 19.0 Å². The zero-order valence-electron chi connectivity index (χ0n) is 15.6. The van der Waals surface area contributed by atoms with Crippen LogP contribution in [0.4, 0.5) is 10.1 Å². The number of nitrogens with one attached hydrogen (secondary N) is 1. The van der Waals surface area contributed by atoms with Crippen LogP contribution in [0, 0.1) is 12.7 Å². The summed E-state index contributed by atoms with van der Waals surface area (Å²) in [6, 6.07) is 11.1. The number of anilines is 1. The fourth-order valence-electron chi connectivity index (χ4n) is 2.59. The van der Waals surface area contributed by atoms with E-state index in [1.807, 2.05) is 0 Å². The number of rotatable bonds is 8. The molecule has 0 spiro atoms. The third-order valence-electron chi connectivity index (χ3n) is 3.93. The number of hydrogen-bond donors (Lipinski definition) is 1. The minimum atomic E-state index is -0.358. The van der Waals surface area contributed by atoms with Crippen molar-refractivity contribution in [3.05, 3.63) is 54.1 Å². The molecule has 0 atom stereocenters. The van der Waals surface area contributed by atoms with Crippen molar-refractivity contribution in [2.45, 2.75) is 19.8 Å². The lowest BCUT2D eigenvalue weighted by Gasteiger charge is -2.12. The molecule has 28 heavy (non-hydrogen) atoms. The largest absolute Gasteiger partial charge is 0.494 e. The van der Waals surface area contributed by atoms with Crippen LogP contribution < -0.4 is 14.8 Å². The first kappa shape index (κ1) is 19.3. The first-order chi connectivity index (χ1) is 13.6. The fraction of sp³-hybridized carbons (Fsp3) is 0.263. The molecule has 1 amide bonds. The normalized spacial score (nSPS) is 10.5. The van der Waals surface area contributed by atoms with E-state index in [1.54, 1.807) is 44.4 Å². The maximum atomic E-state index is 13.1. The van der Waals surface area contributed by atoms with Crippen molar-refractivity contribution in [1.82, 2.24) is 20.2 Å². The molecule has 8 nitrogen and oxygen atoms in total. The summed E-state index contributed by atoms with van der Waals surface area (Å²) in [4.78, 5) is 12.2. The van der Waals surface area contributed by atoms with Crippen LogP contribution in [0.15, 0.2) is 42.5 Å². The summed E-state index contributed by atoms with van der Waals surface area (Å²) in [5.74, 6) is 1.10. The molecule has 1 N–H and O–H groups in total. The number of methoxy groups -OCH3 is 1. The Morgan fingerprint density at radius 2 is 2.11 bits per heavy atom. The molecule has 0 radical (unpaired) electrons. The number of hydrogen-bond acceptors (Lipinski definition) is 6. The highest BCUT2D eigenvalue weighted by Gasteiger charge is 2.12. The van der Waals surface area contributed by atoms with E-state index in [9.17, 15) is 9.18 Å². The summed E-state index contributed by atoms with van der Waals surface area (Å²) < 4.78 is 25.4. The van der Waals surface area contributed by atoms with Gasteiger partial charge in [-0.1, -0.05) is 6.07 Å². The highest BCUT2D eigenvalue weighted by atomic mass is 19.1. The molecule has 0 saturated carbocycles. The van der Waals surface area contributed by atoms with E-state index in [0.717, 1.165) is 0 Å². The topological polar surface area (TPSA) is 91.2 Å². The summed E-state index contributed by atoms with van der Waals surface area (Å²) in [6.45, 7) is 2.08. The second kappa shape index (κ2) is 8.94. The second-order valence-electron chi connectivity index (χ2n) is 5.98. The van der Waals surface area contributed by atoms with Crippen LogP contribution in [0.25, 0.3) is 5.69 Å². The minimum absolute atomic E-state index is 0.160. The van der Waals surface area contributed by atoms with Gasteiger partial charge in [-0.25, -0.2) is 4.39 Å². The number of tetrazole rings is 1. The van der Waals surface area contributed by atoms with E-state index in [0.29, 0.717) is 41.7 Å². The molecule has 2 aromatic carbocycles. The van der Waals surface area contributed by atoms with E-state index in [4.69, 9.17) is 9.47 Å². The third kappa shape index (κ3) is 4.81. The smallest absolute Gasteiger partial charge is 0.224 e. The van der Waals surface area contributed by atoms with Crippen LogP contribution in [0.5, 0.6) is 11.5 Å². The number of halogens is 1. The van der Waals surface area contributed by atoms with Crippen molar-refractivity contribution < 1.29 is 18.7 Å². The Morgan fingerprint density at radius 1 is 1.25 bits per heavy atom. The van der Waals surface area contributed by atoms with Crippen molar-refractivity contribution in [1.29, 1.82) is 0 Å². The number of aromatic nitrogens is 4. The van der Waals surface area contributed by atoms with Crippen LogP contribution in [0.3, 0.4) is 0 Å². The molecule has 0 fully saturated rings. The van der Waals surface area contributed by atoms with Gasteiger partial charge in [-0.2, -0.15) is 4.68 Å². The molecule has 1 aromatic heterocycles. The Bertz CT molecular complexity index is 960. The predicted molar refractivity (Wildman–Crippen MR) is 100 cm³/mol. The van der Waals surface area contributed by atoms with E-state index >= 15 is 0 Å². The molecule has 0 saturated heterocycles. The highest BCUT2D eigenvalue weighted by Crippen LogP contribution is 2.26. The Morgan fingerprint density at radius 3 is 2.82 bits per heavy atom. The molecular weight excluding hydrogens is 365 g/mol. The summed E-state index contributed by atoms with van der Waals surface area (Å²) in [5.41, 5.74) is 1.22. The first-order valence-corrected chi connectivity index (χ1v) is 8.68. The van der Waals surface area contributed by atoms with Gasteiger partial charge in [-0.3, -0.25) is 4.79 Å². The molecule has 0 bridgehead atoms. The van der Waals surface area contributed by atoms with Gasteiger partial charge in [0.1, 0.15) is 23.0 Å². The number of nitrogens with zero attached hydrogens (tertiary/aromatic N) is 4. The van der Waals surface area contributed by atoms with E-state index in [-0.39, 0.29) is 18.1 Å². The lowest BCUT2D eigenvalue weighted by molar-refractivity contribution is -0.116. The average molecular weight is 385 g/mol. The molecule has 9 heteroatoms. The second-order valence-corrected chi connectivity index (χ2v) is 5.98. The molecule has 0 aliphatic carbocycles. The van der Waals surface area contributed by atoms with Gasteiger partial charge in [0.25, 0.3) is 0 Å². The van der Waals surface area contributed by atoms with Crippen molar-refractivity contribution >= 4 is 11.6 Å². The van der Waals surface area contributed by atoms with Gasteiger partial charge in [0, 0.05) is 18.2 Å². The molecule has 0 unspecified atom stereocenters. The van der Waals surface area contributed by atoms with Gasteiger partial charge < -0.3 is 14.8 Å². The van der Waals surface area contributed by atoms with Gasteiger partial charge in [0.2, 0.25) is 5.91 Å². The molecule has 3 aromatic rings. The quantitative estimate of drug-likeness (QED) is 0.600. The van der Waals surface area contributed by atoms with E-state index in [2.05, 4.69) is 20.8 Å². The molecule has 0 aliphatic heterocycles. The van der Waals surface area contributed by atoms with Crippen LogP contribution >= 0.6 is 0 Å². The van der Waals surface area contributed by atoms with Crippen molar-refractivity contribution in [3.8, 4) is 17.2 Å². The lowest BCUT2D eigenvalue weighted by Crippen LogP contribution is -2.13. The van der Waals surface area contributed by atoms with E-state index < -0.39 is 0 Å². The number of ether oxygens (including phenoxy) is 2. The Hall–Kier alpha value is -3.49. The standard InChI is InChI=1S/C19H20FN5O3/c1-13-22-23-24-25(13)17-12-15(8-9-18(17)27-2)21-19(26)7-4-10-28-16-6-3-5-14(20)11-16/h3,5-6,8-9,11-12H,4,7,10H2,1-2H3,(H,21,26). The minimum Gasteiger partial charge on any atom is -0.494 e. The summed E-state index contributed by atoms with van der Waals surface area (Å²) in [6.07, 6.45) is 0.762. The van der Waals surface area contributed by atoms with Gasteiger partial charge in [-0.15, -0.1) is 5.10 Å². The van der Waals surface area contributed by atoms with Crippen LogP contribution in [0.1, 0.15) is 18.7 Å². The SMILES string of the molecule is COc1ccc(NC(=O)CCCOc2cccc(F)c2)cc1-n1nnnc1C. The maximum absolute atomic E-state index is 13.1. The summed E-state index contributed by atoms with van der Waals surface area (Å²) in [5, 5.41) is 14.2. The van der Waals surface area contributed by atoms with E-state index in [1.165, 1.54) is 16.8 Å². The number of benzene rings is 2. The fourth-order valence-corrected chi connectivity index (χ4v) is 2.59. The Kier molecular flexibility index (Phi) is 6.15. The Labute approximate surface area is 161 Å². The highest BCUT2D eigenvalue weighted by molar-refractivity contribution is 5.91. The predicted octanol–water partition coefficient (Wildman–Crippen LogP) is 2.92. The third-order valence-corrected chi connectivity index (χ3v) is 3.93. The van der Waals surface area contributed by atoms with Crippen molar-refractivity contribution in [2.24, 2.45) is 0 Å². The number of aryl methyl sites for hydroxylation is 1. The average Bonchev–Trinajstić information content (AvgIpc) is 3.11. The Balaban J connectivity index is 1.56. The van der Waals surface area contributed by atoms with Gasteiger partial charge >= 0.3 is 0 Å².